The van der Waals surface area contributed by atoms with Crippen LogP contribution in [0.3, 0.4) is 0 Å². The smallest absolute Gasteiger partial charge is 0.164 e. The van der Waals surface area contributed by atoms with Crippen molar-refractivity contribution in [3.05, 3.63) is 151 Å². The van der Waals surface area contributed by atoms with Crippen molar-refractivity contribution in [3.63, 3.8) is 0 Å². The summed E-state index contributed by atoms with van der Waals surface area (Å²) in [5.41, 5.74) is 8.46. The zero-order valence-corrected chi connectivity index (χ0v) is 26.5. The first kappa shape index (κ1) is 28.0. The SMILES string of the molecule is N#Cc1ccc2oc3cccc(-c4cccc5c(-c6nc(-c7ccccc7)nc(-c7cccc8oc9ccccc9c78)n6)cccc45)c3c2c1. The maximum absolute atomic E-state index is 9.64. The maximum Gasteiger partial charge on any atom is 0.164 e. The van der Waals surface area contributed by atoms with Gasteiger partial charge in [-0.25, -0.2) is 15.0 Å². The van der Waals surface area contributed by atoms with E-state index in [0.29, 0.717) is 23.0 Å². The number of fused-ring (bicyclic) bond motifs is 7. The van der Waals surface area contributed by atoms with Gasteiger partial charge in [0.15, 0.2) is 17.5 Å². The summed E-state index contributed by atoms with van der Waals surface area (Å²) in [5, 5.41) is 15.6. The Bertz CT molecular complexity index is 3010. The van der Waals surface area contributed by atoms with Crippen molar-refractivity contribution in [2.24, 2.45) is 0 Å². The van der Waals surface area contributed by atoms with Crippen molar-refractivity contribution in [3.8, 4) is 51.4 Å². The van der Waals surface area contributed by atoms with Crippen molar-refractivity contribution in [2.45, 2.75) is 0 Å². The van der Waals surface area contributed by atoms with Crippen LogP contribution in [0.1, 0.15) is 5.56 Å². The molecule has 0 spiro atoms. The molecule has 0 unspecified atom stereocenters. The second kappa shape index (κ2) is 11.0. The molecule has 6 nitrogen and oxygen atoms in total. The van der Waals surface area contributed by atoms with E-state index in [0.717, 1.165) is 82.5 Å². The summed E-state index contributed by atoms with van der Waals surface area (Å²) >= 11 is 0. The summed E-state index contributed by atoms with van der Waals surface area (Å²) in [5.74, 6) is 1.74. The number of aromatic nitrogens is 3. The molecule has 7 aromatic carbocycles. The van der Waals surface area contributed by atoms with E-state index in [4.69, 9.17) is 23.8 Å². The third kappa shape index (κ3) is 4.31. The third-order valence-electron chi connectivity index (χ3n) is 9.39. The van der Waals surface area contributed by atoms with Crippen LogP contribution < -0.4 is 0 Å². The van der Waals surface area contributed by atoms with Crippen LogP contribution in [0.4, 0.5) is 0 Å². The number of benzene rings is 7. The fourth-order valence-corrected chi connectivity index (χ4v) is 7.15. The predicted octanol–water partition coefficient (Wildman–Crippen LogP) is 11.4. The van der Waals surface area contributed by atoms with E-state index in [1.54, 1.807) is 6.07 Å². The fraction of sp³-hybridized carbons (Fsp3) is 0. The molecule has 0 aliphatic carbocycles. The average Bonchev–Trinajstić information content (AvgIpc) is 3.76. The Morgan fingerprint density at radius 1 is 0.400 bits per heavy atom. The minimum absolute atomic E-state index is 0.571. The van der Waals surface area contributed by atoms with Gasteiger partial charge in [0.1, 0.15) is 22.3 Å². The highest BCUT2D eigenvalue weighted by Gasteiger charge is 2.20. The molecule has 0 bridgehead atoms. The molecule has 6 heteroatoms. The van der Waals surface area contributed by atoms with E-state index in [2.05, 4.69) is 54.6 Å². The first-order valence-corrected chi connectivity index (χ1v) is 16.3. The monoisotopic (exact) mass is 640 g/mol. The van der Waals surface area contributed by atoms with Gasteiger partial charge in [0.25, 0.3) is 0 Å². The second-order valence-electron chi connectivity index (χ2n) is 12.3. The van der Waals surface area contributed by atoms with Crippen LogP contribution in [-0.4, -0.2) is 15.0 Å². The molecule has 0 saturated carbocycles. The largest absolute Gasteiger partial charge is 0.456 e. The van der Waals surface area contributed by atoms with E-state index >= 15 is 0 Å². The van der Waals surface area contributed by atoms with Crippen molar-refractivity contribution in [2.75, 3.05) is 0 Å². The Hall–Kier alpha value is -7.10. The lowest BCUT2D eigenvalue weighted by Gasteiger charge is -2.13. The molecule has 232 valence electrons. The molecular formula is C44H24N4O2. The van der Waals surface area contributed by atoms with E-state index in [1.807, 2.05) is 91.0 Å². The number of furan rings is 2. The molecule has 0 atom stereocenters. The van der Waals surface area contributed by atoms with Gasteiger partial charge in [-0.2, -0.15) is 5.26 Å². The lowest BCUT2D eigenvalue weighted by atomic mass is 9.92. The van der Waals surface area contributed by atoms with Crippen molar-refractivity contribution >= 4 is 54.6 Å². The Balaban J connectivity index is 1.22. The Labute approximate surface area is 285 Å². The summed E-state index contributed by atoms with van der Waals surface area (Å²) in [6.45, 7) is 0. The summed E-state index contributed by atoms with van der Waals surface area (Å²) in [4.78, 5) is 15.3. The number of para-hydroxylation sites is 1. The quantitative estimate of drug-likeness (QED) is 0.190. The number of nitriles is 1. The number of hydrogen-bond acceptors (Lipinski definition) is 6. The fourth-order valence-electron chi connectivity index (χ4n) is 7.15. The minimum Gasteiger partial charge on any atom is -0.456 e. The van der Waals surface area contributed by atoms with E-state index < -0.39 is 0 Å². The summed E-state index contributed by atoms with van der Waals surface area (Å²) in [7, 11) is 0. The van der Waals surface area contributed by atoms with E-state index in [-0.39, 0.29) is 0 Å². The lowest BCUT2D eigenvalue weighted by molar-refractivity contribution is 0.668. The van der Waals surface area contributed by atoms with Gasteiger partial charge in [0.2, 0.25) is 0 Å². The third-order valence-corrected chi connectivity index (χ3v) is 9.39. The Morgan fingerprint density at radius 3 is 1.72 bits per heavy atom. The molecule has 0 aliphatic rings. The summed E-state index contributed by atoms with van der Waals surface area (Å²) < 4.78 is 12.5. The van der Waals surface area contributed by atoms with Gasteiger partial charge in [0.05, 0.1) is 11.6 Å². The molecule has 0 radical (unpaired) electrons. The predicted molar refractivity (Wildman–Crippen MR) is 198 cm³/mol. The van der Waals surface area contributed by atoms with Crippen LogP contribution in [0, 0.1) is 11.3 Å². The molecule has 3 aromatic heterocycles. The molecule has 0 fully saturated rings. The van der Waals surface area contributed by atoms with Crippen LogP contribution in [0.15, 0.2) is 154 Å². The van der Waals surface area contributed by atoms with Crippen molar-refractivity contribution in [1.82, 2.24) is 15.0 Å². The van der Waals surface area contributed by atoms with Gasteiger partial charge in [-0.05, 0) is 58.3 Å². The normalized spacial score (nSPS) is 11.6. The average molecular weight is 641 g/mol. The molecule has 0 saturated heterocycles. The maximum atomic E-state index is 9.64. The van der Waals surface area contributed by atoms with E-state index in [1.165, 1.54) is 0 Å². The van der Waals surface area contributed by atoms with Gasteiger partial charge in [0, 0.05) is 38.2 Å². The van der Waals surface area contributed by atoms with Gasteiger partial charge < -0.3 is 8.83 Å². The first-order valence-electron chi connectivity index (χ1n) is 16.3. The summed E-state index contributed by atoms with van der Waals surface area (Å²) in [6, 6.07) is 50.6. The highest BCUT2D eigenvalue weighted by atomic mass is 16.3. The molecule has 0 aliphatic heterocycles. The number of nitrogens with zero attached hydrogens (tertiary/aromatic N) is 4. The van der Waals surface area contributed by atoms with Crippen LogP contribution in [0.2, 0.25) is 0 Å². The molecule has 10 aromatic rings. The number of rotatable bonds is 4. The van der Waals surface area contributed by atoms with E-state index in [9.17, 15) is 5.26 Å². The highest BCUT2D eigenvalue weighted by molar-refractivity contribution is 6.16. The molecule has 0 amide bonds. The molecule has 3 heterocycles. The van der Waals surface area contributed by atoms with Crippen LogP contribution in [0.25, 0.3) is 99.9 Å². The number of hydrogen-bond donors (Lipinski definition) is 0. The summed E-state index contributed by atoms with van der Waals surface area (Å²) in [6.07, 6.45) is 0. The second-order valence-corrected chi connectivity index (χ2v) is 12.3. The molecule has 0 N–H and O–H groups in total. The minimum atomic E-state index is 0.571. The zero-order chi connectivity index (χ0) is 33.2. The zero-order valence-electron chi connectivity index (χ0n) is 26.5. The van der Waals surface area contributed by atoms with Crippen LogP contribution in [0.5, 0.6) is 0 Å². The van der Waals surface area contributed by atoms with Gasteiger partial charge in [-0.3, -0.25) is 0 Å². The highest BCUT2D eigenvalue weighted by Crippen LogP contribution is 2.42. The van der Waals surface area contributed by atoms with Crippen molar-refractivity contribution < 1.29 is 8.83 Å². The molecule has 10 rings (SSSR count). The van der Waals surface area contributed by atoms with Gasteiger partial charge in [-0.15, -0.1) is 0 Å². The van der Waals surface area contributed by atoms with Crippen LogP contribution in [-0.2, 0) is 0 Å². The first-order chi connectivity index (χ1) is 24.7. The standard InChI is InChI=1S/C44H24N4O2/c45-25-26-22-23-37-35(24-26)40-31(16-8-20-38(40)50-37)29-14-6-15-30-28(29)13-7-17-32(30)43-46-42(27-10-2-1-3-11-27)47-44(48-43)34-18-9-21-39-41(34)33-12-4-5-19-36(33)49-39/h1-24H. The van der Waals surface area contributed by atoms with Gasteiger partial charge in [-0.1, -0.05) is 109 Å². The van der Waals surface area contributed by atoms with Crippen molar-refractivity contribution in [1.29, 1.82) is 5.26 Å². The van der Waals surface area contributed by atoms with Gasteiger partial charge >= 0.3 is 0 Å². The van der Waals surface area contributed by atoms with Crippen LogP contribution >= 0.6 is 0 Å². The lowest BCUT2D eigenvalue weighted by Crippen LogP contribution is -2.01. The Morgan fingerprint density at radius 2 is 0.940 bits per heavy atom. The molecule has 50 heavy (non-hydrogen) atoms. The molecular weight excluding hydrogens is 617 g/mol. The Kier molecular flexibility index (Phi) is 6.14. The topological polar surface area (TPSA) is 88.7 Å².